The fourth-order valence-electron chi connectivity index (χ4n) is 1.33. The van der Waals surface area contributed by atoms with Crippen LogP contribution in [0.25, 0.3) is 0 Å². The molecule has 0 aliphatic rings. The molecule has 0 aromatic carbocycles. The molecule has 0 saturated carbocycles. The average Bonchev–Trinajstić information content (AvgIpc) is 2.30. The predicted molar refractivity (Wildman–Crippen MR) is 66.3 cm³/mol. The lowest BCUT2D eigenvalue weighted by molar-refractivity contribution is -0.386. The van der Waals surface area contributed by atoms with Crippen molar-refractivity contribution < 1.29 is 14.5 Å². The maximum absolute atomic E-state index is 11.7. The largest absolute Gasteiger partial charge is 0.466 e. The SMILES string of the molecule is CCOC(=O)CCn1cc(Br)cc([N+](=O)[O-])c1=O. The number of esters is 1. The first-order valence-electron chi connectivity index (χ1n) is 5.15. The van der Waals surface area contributed by atoms with Gasteiger partial charge >= 0.3 is 17.2 Å². The lowest BCUT2D eigenvalue weighted by atomic mass is 10.3. The van der Waals surface area contributed by atoms with Crippen molar-refractivity contribution in [3.63, 3.8) is 0 Å². The summed E-state index contributed by atoms with van der Waals surface area (Å²) in [6.07, 6.45) is 1.38. The van der Waals surface area contributed by atoms with Gasteiger partial charge in [0.1, 0.15) is 0 Å². The van der Waals surface area contributed by atoms with Gasteiger partial charge in [-0.25, -0.2) is 0 Å². The Morgan fingerprint density at radius 3 is 2.83 bits per heavy atom. The number of halogens is 1. The van der Waals surface area contributed by atoms with E-state index in [1.807, 2.05) is 0 Å². The summed E-state index contributed by atoms with van der Waals surface area (Å²) in [5, 5.41) is 10.6. The highest BCUT2D eigenvalue weighted by atomic mass is 79.9. The summed E-state index contributed by atoms with van der Waals surface area (Å²) < 4.78 is 6.22. The Labute approximate surface area is 111 Å². The van der Waals surface area contributed by atoms with Gasteiger partial charge in [0, 0.05) is 23.3 Å². The van der Waals surface area contributed by atoms with Crippen LogP contribution in [0.3, 0.4) is 0 Å². The molecule has 1 heterocycles. The van der Waals surface area contributed by atoms with E-state index in [1.165, 1.54) is 6.20 Å². The van der Waals surface area contributed by atoms with Crippen LogP contribution < -0.4 is 5.56 Å². The van der Waals surface area contributed by atoms with E-state index < -0.39 is 22.1 Å². The number of aromatic nitrogens is 1. The number of carbonyl (C=O) groups is 1. The predicted octanol–water partition coefficient (Wildman–Crippen LogP) is 1.47. The minimum atomic E-state index is -0.756. The standard InChI is InChI=1S/C10H11BrN2O5/c1-2-18-9(14)3-4-12-6-7(11)5-8(10(12)15)13(16)17/h5-6H,2-4H2,1H3. The van der Waals surface area contributed by atoms with Crippen LogP contribution in [0.1, 0.15) is 13.3 Å². The van der Waals surface area contributed by atoms with E-state index in [9.17, 15) is 19.7 Å². The van der Waals surface area contributed by atoms with Crippen LogP contribution in [0.4, 0.5) is 5.69 Å². The van der Waals surface area contributed by atoms with Crippen molar-refractivity contribution in [3.05, 3.63) is 37.2 Å². The first-order chi connectivity index (χ1) is 8.45. The van der Waals surface area contributed by atoms with E-state index in [1.54, 1.807) is 6.92 Å². The maximum Gasteiger partial charge on any atom is 0.335 e. The molecule has 0 aliphatic heterocycles. The normalized spacial score (nSPS) is 10.1. The van der Waals surface area contributed by atoms with Crippen LogP contribution in [0.5, 0.6) is 0 Å². The van der Waals surface area contributed by atoms with Gasteiger partial charge in [0.25, 0.3) is 0 Å². The fourth-order valence-corrected chi connectivity index (χ4v) is 1.79. The Morgan fingerprint density at radius 1 is 1.61 bits per heavy atom. The molecule has 0 spiro atoms. The molecule has 18 heavy (non-hydrogen) atoms. The first kappa shape index (κ1) is 14.4. The number of nitrogens with zero attached hydrogens (tertiary/aromatic N) is 2. The number of rotatable bonds is 5. The second-order valence-corrected chi connectivity index (χ2v) is 4.27. The summed E-state index contributed by atoms with van der Waals surface area (Å²) in [6.45, 7) is 1.97. The van der Waals surface area contributed by atoms with Gasteiger partial charge in [0.2, 0.25) is 0 Å². The van der Waals surface area contributed by atoms with Gasteiger partial charge < -0.3 is 9.30 Å². The molecule has 0 N–H and O–H groups in total. The highest BCUT2D eigenvalue weighted by Gasteiger charge is 2.16. The van der Waals surface area contributed by atoms with Gasteiger partial charge in [-0.05, 0) is 22.9 Å². The maximum atomic E-state index is 11.7. The second kappa shape index (κ2) is 6.29. The van der Waals surface area contributed by atoms with Crippen molar-refractivity contribution in [3.8, 4) is 0 Å². The van der Waals surface area contributed by atoms with Crippen LogP contribution in [-0.4, -0.2) is 22.1 Å². The molecule has 8 heteroatoms. The molecule has 0 unspecified atom stereocenters. The van der Waals surface area contributed by atoms with Gasteiger partial charge in [-0.2, -0.15) is 0 Å². The van der Waals surface area contributed by atoms with E-state index in [2.05, 4.69) is 15.9 Å². The van der Waals surface area contributed by atoms with Crippen LogP contribution in [-0.2, 0) is 16.1 Å². The molecule has 0 amide bonds. The Hall–Kier alpha value is -1.70. The summed E-state index contributed by atoms with van der Waals surface area (Å²) in [4.78, 5) is 32.7. The van der Waals surface area contributed by atoms with Gasteiger partial charge in [-0.15, -0.1) is 0 Å². The minimum absolute atomic E-state index is 0.0125. The molecule has 0 fully saturated rings. The second-order valence-electron chi connectivity index (χ2n) is 3.35. The van der Waals surface area contributed by atoms with Crippen LogP contribution in [0, 0.1) is 10.1 Å². The van der Waals surface area contributed by atoms with E-state index in [0.29, 0.717) is 4.47 Å². The molecule has 0 aliphatic carbocycles. The number of pyridine rings is 1. The zero-order valence-corrected chi connectivity index (χ0v) is 11.2. The molecule has 7 nitrogen and oxygen atoms in total. The Bertz CT molecular complexity index is 525. The first-order valence-corrected chi connectivity index (χ1v) is 5.95. The van der Waals surface area contributed by atoms with Crippen LogP contribution in [0.15, 0.2) is 21.5 Å². The topological polar surface area (TPSA) is 91.4 Å². The smallest absolute Gasteiger partial charge is 0.335 e. The number of ether oxygens (including phenoxy) is 1. The van der Waals surface area contributed by atoms with Crippen molar-refractivity contribution in [1.29, 1.82) is 0 Å². The van der Waals surface area contributed by atoms with Crippen LogP contribution >= 0.6 is 15.9 Å². The number of nitro groups is 1. The van der Waals surface area contributed by atoms with E-state index >= 15 is 0 Å². The average molecular weight is 319 g/mol. The van der Waals surface area contributed by atoms with Crippen molar-refractivity contribution in [2.75, 3.05) is 6.61 Å². The summed E-state index contributed by atoms with van der Waals surface area (Å²) >= 11 is 3.07. The molecule has 1 aromatic rings. The minimum Gasteiger partial charge on any atom is -0.466 e. The van der Waals surface area contributed by atoms with Gasteiger partial charge in [0.05, 0.1) is 18.0 Å². The monoisotopic (exact) mass is 318 g/mol. The molecule has 0 bridgehead atoms. The Kier molecular flexibility index (Phi) is 5.02. The van der Waals surface area contributed by atoms with Gasteiger partial charge in [-0.3, -0.25) is 19.7 Å². The quantitative estimate of drug-likeness (QED) is 0.465. The third-order valence-corrected chi connectivity index (χ3v) is 2.53. The highest BCUT2D eigenvalue weighted by molar-refractivity contribution is 9.10. The van der Waals surface area contributed by atoms with E-state index in [0.717, 1.165) is 10.6 Å². The molecule has 0 saturated heterocycles. The summed E-state index contributed by atoms with van der Waals surface area (Å²) in [7, 11) is 0. The van der Waals surface area contributed by atoms with E-state index in [-0.39, 0.29) is 19.6 Å². The molecule has 98 valence electrons. The lowest BCUT2D eigenvalue weighted by Crippen LogP contribution is -2.23. The molecular formula is C10H11BrN2O5. The van der Waals surface area contributed by atoms with Crippen molar-refractivity contribution in [2.24, 2.45) is 0 Å². The fraction of sp³-hybridized carbons (Fsp3) is 0.400. The van der Waals surface area contributed by atoms with Crippen molar-refractivity contribution >= 4 is 27.6 Å². The van der Waals surface area contributed by atoms with Gasteiger partial charge in [0.15, 0.2) is 0 Å². The zero-order valence-electron chi connectivity index (χ0n) is 9.59. The highest BCUT2D eigenvalue weighted by Crippen LogP contribution is 2.13. The zero-order chi connectivity index (χ0) is 13.7. The third kappa shape index (κ3) is 3.66. The van der Waals surface area contributed by atoms with Crippen molar-refractivity contribution in [2.45, 2.75) is 19.9 Å². The molecular weight excluding hydrogens is 308 g/mol. The molecule has 0 radical (unpaired) electrons. The Morgan fingerprint density at radius 2 is 2.28 bits per heavy atom. The summed E-state index contributed by atoms with van der Waals surface area (Å²) in [5.74, 6) is -0.452. The van der Waals surface area contributed by atoms with Crippen LogP contribution in [0.2, 0.25) is 0 Å². The number of carbonyl (C=O) groups excluding carboxylic acids is 1. The number of hydrogen-bond donors (Lipinski definition) is 0. The van der Waals surface area contributed by atoms with E-state index in [4.69, 9.17) is 4.74 Å². The lowest BCUT2D eigenvalue weighted by Gasteiger charge is -2.06. The third-order valence-electron chi connectivity index (χ3n) is 2.09. The van der Waals surface area contributed by atoms with Crippen molar-refractivity contribution in [1.82, 2.24) is 4.57 Å². The van der Waals surface area contributed by atoms with Gasteiger partial charge in [-0.1, -0.05) is 0 Å². The Balaban J connectivity index is 2.93. The molecule has 0 atom stereocenters. The number of hydrogen-bond acceptors (Lipinski definition) is 5. The molecule has 1 aromatic heterocycles. The molecule has 1 rings (SSSR count). The number of aryl methyl sites for hydroxylation is 1. The summed E-state index contributed by atoms with van der Waals surface area (Å²) in [5.41, 5.74) is -1.28. The summed E-state index contributed by atoms with van der Waals surface area (Å²) in [6, 6.07) is 1.13.